The molecule has 0 spiro atoms. The highest BCUT2D eigenvalue weighted by Gasteiger charge is 2.38. The first-order valence-corrected chi connectivity index (χ1v) is 11.3. The molecule has 1 aromatic carbocycles. The number of hydrogen-bond acceptors (Lipinski definition) is 4. The van der Waals surface area contributed by atoms with Crippen LogP contribution in [0.3, 0.4) is 0 Å². The summed E-state index contributed by atoms with van der Waals surface area (Å²) >= 11 is 3.21. The molecule has 0 saturated heterocycles. The van der Waals surface area contributed by atoms with Gasteiger partial charge in [-0.25, -0.2) is 4.98 Å². The van der Waals surface area contributed by atoms with Crippen molar-refractivity contribution in [3.63, 3.8) is 0 Å². The van der Waals surface area contributed by atoms with Crippen LogP contribution in [0, 0.1) is 0 Å². The van der Waals surface area contributed by atoms with Gasteiger partial charge in [0.1, 0.15) is 10.5 Å². The van der Waals surface area contributed by atoms with E-state index in [9.17, 15) is 4.79 Å². The van der Waals surface area contributed by atoms with Crippen LogP contribution in [0.5, 0.6) is 0 Å². The molecule has 1 fully saturated rings. The van der Waals surface area contributed by atoms with Crippen molar-refractivity contribution >= 4 is 38.8 Å². The lowest BCUT2D eigenvalue weighted by Gasteiger charge is -2.39. The zero-order valence-electron chi connectivity index (χ0n) is 15.9. The molecule has 6 heteroatoms. The molecule has 3 aromatic rings. The van der Waals surface area contributed by atoms with Gasteiger partial charge < -0.3 is 10.2 Å². The Morgan fingerprint density at radius 3 is 2.63 bits per heavy atom. The number of thiazole rings is 1. The van der Waals surface area contributed by atoms with Crippen molar-refractivity contribution in [3.05, 3.63) is 41.3 Å². The summed E-state index contributed by atoms with van der Waals surface area (Å²) in [6.45, 7) is 0.753. The molecule has 142 valence electrons. The number of carbonyl (C=O) groups excluding carboxylic acids is 1. The monoisotopic (exact) mass is 400 g/mol. The molecule has 0 unspecified atom stereocenters. The zero-order chi connectivity index (χ0) is 18.9. The van der Waals surface area contributed by atoms with Gasteiger partial charge in [0.2, 0.25) is 0 Å². The van der Waals surface area contributed by atoms with E-state index in [1.807, 2.05) is 30.3 Å². The number of para-hydroxylation sites is 1. The molecule has 1 aliphatic carbocycles. The Morgan fingerprint density at radius 2 is 1.89 bits per heavy atom. The Labute approximate surface area is 168 Å². The fraction of sp³-hybridized carbons (Fsp3) is 0.429. The van der Waals surface area contributed by atoms with Crippen LogP contribution in [-0.4, -0.2) is 37.1 Å². The standard InChI is InChI=1S/C21H25N3OS2/c1-24(2)21(12-6-3-7-13-21)14-22-19(25)17-10-11-18(26-17)20-23-15-8-4-5-9-16(15)27-20/h4-5,8-11H,3,6-7,12-14H2,1-2H3,(H,22,25)/p+1. The largest absolute Gasteiger partial charge is 0.345 e. The lowest BCUT2D eigenvalue weighted by atomic mass is 9.80. The number of carbonyl (C=O) groups is 1. The lowest BCUT2D eigenvalue weighted by Crippen LogP contribution is -3.16. The number of nitrogens with one attached hydrogen (secondary N) is 2. The van der Waals surface area contributed by atoms with Crippen molar-refractivity contribution in [2.75, 3.05) is 20.6 Å². The van der Waals surface area contributed by atoms with Crippen molar-refractivity contribution in [2.45, 2.75) is 37.6 Å². The van der Waals surface area contributed by atoms with Crippen LogP contribution in [0.2, 0.25) is 0 Å². The number of amides is 1. The summed E-state index contributed by atoms with van der Waals surface area (Å²) in [7, 11) is 4.43. The number of thiophene rings is 1. The number of benzene rings is 1. The molecule has 0 aliphatic heterocycles. The molecule has 0 bridgehead atoms. The van der Waals surface area contributed by atoms with Gasteiger partial charge in [0.25, 0.3) is 5.91 Å². The topological polar surface area (TPSA) is 46.4 Å². The summed E-state index contributed by atoms with van der Waals surface area (Å²) in [4.78, 5) is 20.7. The number of fused-ring (bicyclic) bond motifs is 1. The van der Waals surface area contributed by atoms with Crippen LogP contribution < -0.4 is 10.2 Å². The van der Waals surface area contributed by atoms with E-state index in [2.05, 4.69) is 25.5 Å². The van der Waals surface area contributed by atoms with Gasteiger partial charge in [-0.1, -0.05) is 18.6 Å². The Bertz CT molecular complexity index is 905. The number of nitrogens with zero attached hydrogens (tertiary/aromatic N) is 1. The van der Waals surface area contributed by atoms with E-state index >= 15 is 0 Å². The van der Waals surface area contributed by atoms with Crippen LogP contribution in [0.25, 0.3) is 20.1 Å². The van der Waals surface area contributed by atoms with Gasteiger partial charge >= 0.3 is 0 Å². The summed E-state index contributed by atoms with van der Waals surface area (Å²) in [5.74, 6) is 0.0403. The number of likely N-dealkylation sites (N-methyl/N-ethyl adjacent to an activating group) is 1. The lowest BCUT2D eigenvalue weighted by molar-refractivity contribution is -0.916. The first-order valence-electron chi connectivity index (χ1n) is 9.62. The van der Waals surface area contributed by atoms with Crippen molar-refractivity contribution in [1.82, 2.24) is 10.3 Å². The maximum absolute atomic E-state index is 12.7. The van der Waals surface area contributed by atoms with E-state index in [0.29, 0.717) is 0 Å². The smallest absolute Gasteiger partial charge is 0.261 e. The van der Waals surface area contributed by atoms with E-state index in [1.165, 1.54) is 53.0 Å². The molecule has 4 rings (SSSR count). The third-order valence-corrected chi connectivity index (χ3v) is 8.08. The molecule has 2 heterocycles. The van der Waals surface area contributed by atoms with E-state index in [1.54, 1.807) is 11.3 Å². The first-order chi connectivity index (χ1) is 13.1. The van der Waals surface area contributed by atoms with E-state index in [0.717, 1.165) is 26.8 Å². The Morgan fingerprint density at radius 1 is 1.11 bits per heavy atom. The van der Waals surface area contributed by atoms with Crippen LogP contribution in [0.15, 0.2) is 36.4 Å². The van der Waals surface area contributed by atoms with Crippen molar-refractivity contribution < 1.29 is 9.69 Å². The van der Waals surface area contributed by atoms with E-state index in [-0.39, 0.29) is 11.4 Å². The minimum Gasteiger partial charge on any atom is -0.345 e. The fourth-order valence-electron chi connectivity index (χ4n) is 3.97. The normalized spacial score (nSPS) is 16.7. The van der Waals surface area contributed by atoms with Gasteiger partial charge in [-0.15, -0.1) is 22.7 Å². The summed E-state index contributed by atoms with van der Waals surface area (Å²) in [6.07, 6.45) is 6.23. The van der Waals surface area contributed by atoms with Crippen molar-refractivity contribution in [1.29, 1.82) is 0 Å². The van der Waals surface area contributed by atoms with Crippen molar-refractivity contribution in [2.24, 2.45) is 0 Å². The SMILES string of the molecule is C[NH+](C)C1(CNC(=O)c2ccc(-c3nc4ccccc4s3)s2)CCCCC1. The Hall–Kier alpha value is -1.76. The predicted molar refractivity (Wildman–Crippen MR) is 114 cm³/mol. The highest BCUT2D eigenvalue weighted by atomic mass is 32.1. The highest BCUT2D eigenvalue weighted by molar-refractivity contribution is 7.26. The number of rotatable bonds is 5. The molecule has 1 amide bonds. The average molecular weight is 401 g/mol. The molecule has 2 N–H and O–H groups in total. The summed E-state index contributed by atoms with van der Waals surface area (Å²) in [5.41, 5.74) is 1.20. The van der Waals surface area contributed by atoms with Gasteiger partial charge in [-0.3, -0.25) is 4.79 Å². The highest BCUT2D eigenvalue weighted by Crippen LogP contribution is 2.34. The molecule has 2 aromatic heterocycles. The van der Waals surface area contributed by atoms with Crippen LogP contribution in [-0.2, 0) is 0 Å². The van der Waals surface area contributed by atoms with E-state index < -0.39 is 0 Å². The number of hydrogen-bond donors (Lipinski definition) is 2. The molecule has 27 heavy (non-hydrogen) atoms. The molecule has 1 saturated carbocycles. The summed E-state index contributed by atoms with van der Waals surface area (Å²) in [5, 5.41) is 4.20. The van der Waals surface area contributed by atoms with Gasteiger partial charge in [-0.05, 0) is 37.1 Å². The minimum atomic E-state index is 0.0403. The summed E-state index contributed by atoms with van der Waals surface area (Å²) in [6, 6.07) is 12.1. The van der Waals surface area contributed by atoms with Crippen molar-refractivity contribution in [3.8, 4) is 9.88 Å². The number of quaternary nitrogens is 1. The van der Waals surface area contributed by atoms with Gasteiger partial charge in [-0.2, -0.15) is 0 Å². The van der Waals surface area contributed by atoms with Gasteiger partial charge in [0, 0.05) is 12.8 Å². The zero-order valence-corrected chi connectivity index (χ0v) is 17.5. The second kappa shape index (κ2) is 7.70. The van der Waals surface area contributed by atoms with Gasteiger partial charge in [0.05, 0.1) is 40.6 Å². The van der Waals surface area contributed by atoms with Gasteiger partial charge in [0.15, 0.2) is 0 Å². The second-order valence-electron chi connectivity index (χ2n) is 7.67. The first kappa shape index (κ1) is 18.6. The molecular weight excluding hydrogens is 374 g/mol. The fourth-order valence-corrected chi connectivity index (χ4v) is 5.91. The molecular formula is C21H26N3OS2+. The number of aromatic nitrogens is 1. The quantitative estimate of drug-likeness (QED) is 0.687. The maximum Gasteiger partial charge on any atom is 0.261 e. The van der Waals surface area contributed by atoms with Crippen LogP contribution in [0.1, 0.15) is 41.8 Å². The van der Waals surface area contributed by atoms with E-state index in [4.69, 9.17) is 4.98 Å². The minimum absolute atomic E-state index is 0.0403. The predicted octanol–water partition coefficient (Wildman–Crippen LogP) is 3.60. The summed E-state index contributed by atoms with van der Waals surface area (Å²) < 4.78 is 1.18. The maximum atomic E-state index is 12.7. The second-order valence-corrected chi connectivity index (χ2v) is 9.79. The third kappa shape index (κ3) is 3.79. The van der Waals surface area contributed by atoms with Crippen LogP contribution in [0.4, 0.5) is 0 Å². The third-order valence-electron chi connectivity index (χ3n) is 5.79. The average Bonchev–Trinajstić information content (AvgIpc) is 3.33. The van der Waals surface area contributed by atoms with Crippen LogP contribution >= 0.6 is 22.7 Å². The molecule has 1 aliphatic rings. The Balaban J connectivity index is 1.47. The molecule has 0 atom stereocenters. The molecule has 4 nitrogen and oxygen atoms in total. The molecule has 0 radical (unpaired) electrons. The Kier molecular flexibility index (Phi) is 5.30.